The van der Waals surface area contributed by atoms with Crippen LogP contribution in [0, 0.1) is 0 Å². The Morgan fingerprint density at radius 1 is 1.07 bits per heavy atom. The van der Waals surface area contributed by atoms with E-state index in [1.807, 2.05) is 24.3 Å². The van der Waals surface area contributed by atoms with Crippen molar-refractivity contribution >= 4 is 5.57 Å². The third-order valence-corrected chi connectivity index (χ3v) is 4.79. The van der Waals surface area contributed by atoms with Crippen LogP contribution in [0.15, 0.2) is 48.5 Å². The van der Waals surface area contributed by atoms with Crippen LogP contribution < -0.4 is 14.2 Å². The number of β-amino-alcohol motifs (C(OH)–C–C–N with tert-alkyl or cyclic N) is 1. The van der Waals surface area contributed by atoms with Crippen molar-refractivity contribution in [1.29, 1.82) is 0 Å². The zero-order valence-corrected chi connectivity index (χ0v) is 15.0. The lowest BCUT2D eigenvalue weighted by Crippen LogP contribution is -2.38. The van der Waals surface area contributed by atoms with E-state index in [1.54, 1.807) is 18.2 Å². The van der Waals surface area contributed by atoms with E-state index in [4.69, 9.17) is 14.2 Å². The number of aromatic hydroxyl groups is 1. The smallest absolute Gasteiger partial charge is 0.231 e. The van der Waals surface area contributed by atoms with E-state index in [0.717, 1.165) is 25.1 Å². The molecule has 2 aliphatic heterocycles. The average molecular weight is 369 g/mol. The van der Waals surface area contributed by atoms with Crippen molar-refractivity contribution in [2.24, 2.45) is 0 Å². The summed E-state index contributed by atoms with van der Waals surface area (Å²) in [5, 5.41) is 19.7. The molecule has 4 rings (SSSR count). The fourth-order valence-electron chi connectivity index (χ4n) is 3.32. The third-order valence-electron chi connectivity index (χ3n) is 4.79. The van der Waals surface area contributed by atoms with Crippen LogP contribution >= 0.6 is 0 Å². The topological polar surface area (TPSA) is 71.4 Å². The van der Waals surface area contributed by atoms with E-state index >= 15 is 0 Å². The third kappa shape index (κ3) is 4.35. The molecule has 0 aliphatic carbocycles. The Labute approximate surface area is 158 Å². The molecular formula is C21H23NO5. The number of rotatable bonds is 6. The summed E-state index contributed by atoms with van der Waals surface area (Å²) < 4.78 is 16.3. The molecule has 2 aliphatic rings. The lowest BCUT2D eigenvalue weighted by molar-refractivity contribution is 0.0716. The lowest BCUT2D eigenvalue weighted by atomic mass is 9.99. The molecule has 0 amide bonds. The molecule has 0 spiro atoms. The molecule has 2 aromatic rings. The quantitative estimate of drug-likeness (QED) is 0.816. The monoisotopic (exact) mass is 369 g/mol. The number of hydrogen-bond acceptors (Lipinski definition) is 6. The van der Waals surface area contributed by atoms with Gasteiger partial charge in [-0.2, -0.15) is 0 Å². The Morgan fingerprint density at radius 2 is 1.89 bits per heavy atom. The molecule has 6 heteroatoms. The van der Waals surface area contributed by atoms with Gasteiger partial charge in [-0.15, -0.1) is 0 Å². The highest BCUT2D eigenvalue weighted by atomic mass is 16.7. The van der Waals surface area contributed by atoms with E-state index < -0.39 is 6.10 Å². The van der Waals surface area contributed by atoms with E-state index in [0.29, 0.717) is 23.8 Å². The number of nitrogens with zero attached hydrogens (tertiary/aromatic N) is 1. The predicted octanol–water partition coefficient (Wildman–Crippen LogP) is 2.65. The maximum Gasteiger partial charge on any atom is 0.231 e. The molecule has 0 fully saturated rings. The lowest BCUT2D eigenvalue weighted by Gasteiger charge is -2.28. The Balaban J connectivity index is 1.25. The highest BCUT2D eigenvalue weighted by Crippen LogP contribution is 2.35. The molecule has 1 atom stereocenters. The Bertz CT molecular complexity index is 818. The summed E-state index contributed by atoms with van der Waals surface area (Å²) in [4.78, 5) is 2.21. The minimum Gasteiger partial charge on any atom is -0.508 e. The minimum atomic E-state index is -0.570. The fraction of sp³-hybridized carbons (Fsp3) is 0.333. The number of benzene rings is 2. The molecular weight excluding hydrogens is 346 g/mol. The normalized spacial score (nSPS) is 17.4. The molecule has 142 valence electrons. The summed E-state index contributed by atoms with van der Waals surface area (Å²) >= 11 is 0. The van der Waals surface area contributed by atoms with Crippen LogP contribution in [-0.2, 0) is 0 Å². The summed E-state index contributed by atoms with van der Waals surface area (Å²) in [7, 11) is 0. The summed E-state index contributed by atoms with van der Waals surface area (Å²) in [5.41, 5.74) is 2.41. The SMILES string of the molecule is Oc1ccc(C2=CCN(CC(O)COc3ccc4c(c3)OCO4)CC2)cc1. The van der Waals surface area contributed by atoms with Crippen LogP contribution in [0.1, 0.15) is 12.0 Å². The van der Waals surface area contributed by atoms with Crippen molar-refractivity contribution in [2.45, 2.75) is 12.5 Å². The molecule has 2 heterocycles. The Hall–Kier alpha value is -2.70. The van der Waals surface area contributed by atoms with Gasteiger partial charge < -0.3 is 24.4 Å². The molecule has 0 saturated heterocycles. The van der Waals surface area contributed by atoms with Crippen molar-refractivity contribution in [2.75, 3.05) is 33.0 Å². The molecule has 0 saturated carbocycles. The number of aliphatic hydroxyl groups excluding tert-OH is 1. The van der Waals surface area contributed by atoms with Crippen LogP contribution in [0.3, 0.4) is 0 Å². The number of phenols is 1. The van der Waals surface area contributed by atoms with Gasteiger partial charge in [0.1, 0.15) is 24.2 Å². The van der Waals surface area contributed by atoms with Gasteiger partial charge in [-0.05, 0) is 41.8 Å². The van der Waals surface area contributed by atoms with Crippen molar-refractivity contribution in [3.63, 3.8) is 0 Å². The standard InChI is InChI=1S/C21H23NO5/c23-17-3-1-15(2-4-17)16-7-9-22(10-8-16)12-18(24)13-25-19-5-6-20-21(11-19)27-14-26-20/h1-7,11,18,23-24H,8-10,12-14H2. The van der Waals surface area contributed by atoms with Gasteiger partial charge in [-0.3, -0.25) is 4.90 Å². The predicted molar refractivity (Wildman–Crippen MR) is 101 cm³/mol. The largest absolute Gasteiger partial charge is 0.508 e. The van der Waals surface area contributed by atoms with E-state index in [-0.39, 0.29) is 19.1 Å². The molecule has 6 nitrogen and oxygen atoms in total. The van der Waals surface area contributed by atoms with Gasteiger partial charge in [0.2, 0.25) is 6.79 Å². The number of fused-ring (bicyclic) bond motifs is 1. The average Bonchev–Trinajstić information content (AvgIpc) is 3.15. The summed E-state index contributed by atoms with van der Waals surface area (Å²) in [5.74, 6) is 2.33. The van der Waals surface area contributed by atoms with Crippen molar-refractivity contribution < 1.29 is 24.4 Å². The minimum absolute atomic E-state index is 0.227. The number of ether oxygens (including phenoxy) is 3. The first-order chi connectivity index (χ1) is 13.2. The maximum absolute atomic E-state index is 10.3. The van der Waals surface area contributed by atoms with Crippen molar-refractivity contribution in [3.05, 3.63) is 54.1 Å². The van der Waals surface area contributed by atoms with E-state index in [1.165, 1.54) is 5.57 Å². The second-order valence-electron chi connectivity index (χ2n) is 6.77. The summed E-state index contributed by atoms with van der Waals surface area (Å²) in [6.45, 7) is 2.69. The molecule has 1 unspecified atom stereocenters. The van der Waals surface area contributed by atoms with Crippen LogP contribution in [0.4, 0.5) is 0 Å². The maximum atomic E-state index is 10.3. The van der Waals surface area contributed by atoms with Crippen LogP contribution in [0.5, 0.6) is 23.0 Å². The second kappa shape index (κ2) is 7.90. The zero-order valence-electron chi connectivity index (χ0n) is 15.0. The van der Waals surface area contributed by atoms with Gasteiger partial charge in [0.05, 0.1) is 0 Å². The van der Waals surface area contributed by atoms with Gasteiger partial charge in [-0.1, -0.05) is 18.2 Å². The summed E-state index contributed by atoms with van der Waals surface area (Å²) in [6, 6.07) is 12.7. The Kier molecular flexibility index (Phi) is 5.18. The highest BCUT2D eigenvalue weighted by Gasteiger charge is 2.18. The molecule has 2 N–H and O–H groups in total. The van der Waals surface area contributed by atoms with Crippen molar-refractivity contribution in [3.8, 4) is 23.0 Å². The highest BCUT2D eigenvalue weighted by molar-refractivity contribution is 5.67. The number of phenolic OH excluding ortho intramolecular Hbond substituents is 1. The van der Waals surface area contributed by atoms with Gasteiger partial charge in [0, 0.05) is 25.7 Å². The number of hydrogen-bond donors (Lipinski definition) is 2. The first kappa shape index (κ1) is 17.7. The first-order valence-electron chi connectivity index (χ1n) is 9.09. The van der Waals surface area contributed by atoms with Gasteiger partial charge in [0.15, 0.2) is 11.5 Å². The molecule has 0 radical (unpaired) electrons. The zero-order chi connectivity index (χ0) is 18.6. The first-order valence-corrected chi connectivity index (χ1v) is 9.09. The van der Waals surface area contributed by atoms with Crippen LogP contribution in [0.25, 0.3) is 5.57 Å². The van der Waals surface area contributed by atoms with Gasteiger partial charge in [0.25, 0.3) is 0 Å². The van der Waals surface area contributed by atoms with E-state index in [2.05, 4.69) is 11.0 Å². The fourth-order valence-corrected chi connectivity index (χ4v) is 3.32. The van der Waals surface area contributed by atoms with Gasteiger partial charge >= 0.3 is 0 Å². The van der Waals surface area contributed by atoms with E-state index in [9.17, 15) is 10.2 Å². The van der Waals surface area contributed by atoms with Crippen LogP contribution in [0.2, 0.25) is 0 Å². The molecule has 0 bridgehead atoms. The van der Waals surface area contributed by atoms with Gasteiger partial charge in [-0.25, -0.2) is 0 Å². The van der Waals surface area contributed by atoms with Crippen molar-refractivity contribution in [1.82, 2.24) is 4.90 Å². The molecule has 27 heavy (non-hydrogen) atoms. The molecule has 2 aromatic carbocycles. The molecule has 0 aromatic heterocycles. The second-order valence-corrected chi connectivity index (χ2v) is 6.77. The van der Waals surface area contributed by atoms with Crippen LogP contribution in [-0.4, -0.2) is 54.3 Å². The Morgan fingerprint density at radius 3 is 2.67 bits per heavy atom. The summed E-state index contributed by atoms with van der Waals surface area (Å²) in [6.07, 6.45) is 2.53. The number of aliphatic hydroxyl groups is 1.